The number of hydrogen-bond donors (Lipinski definition) is 1. The summed E-state index contributed by atoms with van der Waals surface area (Å²) in [5.41, 5.74) is 0.0281. The van der Waals surface area contributed by atoms with E-state index in [9.17, 15) is 20.0 Å². The maximum absolute atomic E-state index is 11.3. The molecule has 1 aromatic rings. The van der Waals surface area contributed by atoms with E-state index < -0.39 is 10.9 Å². The summed E-state index contributed by atoms with van der Waals surface area (Å²) in [4.78, 5) is 23.6. The van der Waals surface area contributed by atoms with Crippen molar-refractivity contribution in [3.05, 3.63) is 33.9 Å². The van der Waals surface area contributed by atoms with Gasteiger partial charge in [-0.15, -0.1) is 0 Å². The first kappa shape index (κ1) is 13.7. The first-order valence-corrected chi connectivity index (χ1v) is 6.99. The molecule has 0 aromatic heterocycles. The number of anilines is 1. The number of carboxylic acid groups (broad SMARTS) is 1. The minimum absolute atomic E-state index is 0.0198. The predicted octanol–water partition coefficient (Wildman–Crippen LogP) is 2.23. The standard InChI is InChI=1S/C12H14N2O4S/c1-13(8-5-6-19-7-8)11-9(12(15)16)3-2-4-10(11)14(17)18/h2-4,8H,5-7H2,1H3,(H,15,16). The Hall–Kier alpha value is -1.76. The van der Waals surface area contributed by atoms with Crippen LogP contribution in [-0.4, -0.2) is 40.6 Å². The van der Waals surface area contributed by atoms with Crippen molar-refractivity contribution < 1.29 is 14.8 Å². The Morgan fingerprint density at radius 2 is 2.32 bits per heavy atom. The summed E-state index contributed by atoms with van der Waals surface area (Å²) in [6.45, 7) is 0. The van der Waals surface area contributed by atoms with Crippen molar-refractivity contribution in [3.8, 4) is 0 Å². The van der Waals surface area contributed by atoms with Gasteiger partial charge in [0.05, 0.1) is 10.5 Å². The Kier molecular flexibility index (Phi) is 3.94. The molecule has 1 atom stereocenters. The smallest absolute Gasteiger partial charge is 0.338 e. The minimum Gasteiger partial charge on any atom is -0.478 e. The highest BCUT2D eigenvalue weighted by atomic mass is 32.2. The maximum Gasteiger partial charge on any atom is 0.338 e. The third-order valence-corrected chi connectivity index (χ3v) is 4.39. The summed E-state index contributed by atoms with van der Waals surface area (Å²) in [7, 11) is 1.73. The van der Waals surface area contributed by atoms with Crippen LogP contribution in [0.15, 0.2) is 18.2 Å². The number of benzene rings is 1. The highest BCUT2D eigenvalue weighted by molar-refractivity contribution is 7.99. The second kappa shape index (κ2) is 5.48. The van der Waals surface area contributed by atoms with Gasteiger partial charge in [0.25, 0.3) is 5.69 Å². The molecule has 1 aliphatic rings. The van der Waals surface area contributed by atoms with Crippen molar-refractivity contribution in [3.63, 3.8) is 0 Å². The Morgan fingerprint density at radius 3 is 2.84 bits per heavy atom. The molecule has 0 spiro atoms. The zero-order valence-electron chi connectivity index (χ0n) is 10.4. The lowest BCUT2D eigenvalue weighted by molar-refractivity contribution is -0.384. The molecule has 2 rings (SSSR count). The van der Waals surface area contributed by atoms with Crippen LogP contribution in [0.25, 0.3) is 0 Å². The summed E-state index contributed by atoms with van der Waals surface area (Å²) >= 11 is 1.77. The Labute approximate surface area is 114 Å². The van der Waals surface area contributed by atoms with E-state index in [1.807, 2.05) is 0 Å². The average molecular weight is 282 g/mol. The molecule has 102 valence electrons. The SMILES string of the molecule is CN(c1c(C(=O)O)cccc1[N+](=O)[O-])C1CCSC1. The van der Waals surface area contributed by atoms with Crippen LogP contribution in [0.5, 0.6) is 0 Å². The number of thioether (sulfide) groups is 1. The van der Waals surface area contributed by atoms with Gasteiger partial charge < -0.3 is 10.0 Å². The van der Waals surface area contributed by atoms with Gasteiger partial charge in [-0.3, -0.25) is 10.1 Å². The first-order valence-electron chi connectivity index (χ1n) is 5.83. The molecule has 0 aliphatic carbocycles. The van der Waals surface area contributed by atoms with Crippen LogP contribution in [0.4, 0.5) is 11.4 Å². The largest absolute Gasteiger partial charge is 0.478 e. The van der Waals surface area contributed by atoms with E-state index in [4.69, 9.17) is 0 Å². The third-order valence-electron chi connectivity index (χ3n) is 3.25. The van der Waals surface area contributed by atoms with Crippen molar-refractivity contribution in [2.45, 2.75) is 12.5 Å². The second-order valence-electron chi connectivity index (χ2n) is 4.36. The molecule has 0 amide bonds. The Balaban J connectivity index is 2.50. The number of nitrogens with zero attached hydrogens (tertiary/aromatic N) is 2. The van der Waals surface area contributed by atoms with Gasteiger partial charge in [0.2, 0.25) is 0 Å². The lowest BCUT2D eigenvalue weighted by atomic mass is 10.1. The zero-order valence-corrected chi connectivity index (χ0v) is 11.2. The normalized spacial score (nSPS) is 18.3. The van der Waals surface area contributed by atoms with Gasteiger partial charge in [0.15, 0.2) is 0 Å². The fourth-order valence-corrected chi connectivity index (χ4v) is 3.50. The summed E-state index contributed by atoms with van der Waals surface area (Å²) in [5.74, 6) is 0.718. The van der Waals surface area contributed by atoms with Gasteiger partial charge in [0, 0.05) is 24.9 Å². The number of carboxylic acids is 1. The first-order chi connectivity index (χ1) is 9.02. The fourth-order valence-electron chi connectivity index (χ4n) is 2.23. The molecule has 6 nitrogen and oxygen atoms in total. The van der Waals surface area contributed by atoms with Crippen LogP contribution < -0.4 is 4.90 Å². The van der Waals surface area contributed by atoms with E-state index in [1.54, 1.807) is 23.7 Å². The van der Waals surface area contributed by atoms with Gasteiger partial charge >= 0.3 is 5.97 Å². The van der Waals surface area contributed by atoms with Crippen molar-refractivity contribution >= 4 is 29.1 Å². The molecule has 19 heavy (non-hydrogen) atoms. The zero-order chi connectivity index (χ0) is 14.0. The van der Waals surface area contributed by atoms with Gasteiger partial charge in [-0.05, 0) is 18.2 Å². The quantitative estimate of drug-likeness (QED) is 0.673. The maximum atomic E-state index is 11.3. The number of hydrogen-bond acceptors (Lipinski definition) is 5. The Morgan fingerprint density at radius 1 is 1.58 bits per heavy atom. The van der Waals surface area contributed by atoms with Crippen LogP contribution in [0.1, 0.15) is 16.8 Å². The molecule has 1 aromatic carbocycles. The van der Waals surface area contributed by atoms with Crippen molar-refractivity contribution in [1.82, 2.24) is 0 Å². The molecule has 1 heterocycles. The second-order valence-corrected chi connectivity index (χ2v) is 5.51. The Bertz CT molecular complexity index is 482. The van der Waals surface area contributed by atoms with E-state index >= 15 is 0 Å². The highest BCUT2D eigenvalue weighted by Gasteiger charge is 2.29. The molecule has 1 fully saturated rings. The molecule has 1 saturated heterocycles. The fraction of sp³-hybridized carbons (Fsp3) is 0.417. The van der Waals surface area contributed by atoms with Crippen molar-refractivity contribution in [2.24, 2.45) is 0 Å². The molecule has 0 bridgehead atoms. The minimum atomic E-state index is -1.14. The molecular formula is C12H14N2O4S. The van der Waals surface area contributed by atoms with Crippen molar-refractivity contribution in [2.75, 3.05) is 23.5 Å². The van der Waals surface area contributed by atoms with E-state index in [0.29, 0.717) is 0 Å². The monoisotopic (exact) mass is 282 g/mol. The van der Waals surface area contributed by atoms with E-state index in [0.717, 1.165) is 17.9 Å². The number of nitro benzene ring substituents is 1. The molecule has 1 N–H and O–H groups in total. The highest BCUT2D eigenvalue weighted by Crippen LogP contribution is 2.35. The number of aromatic carboxylic acids is 1. The van der Waals surface area contributed by atoms with Gasteiger partial charge in [-0.1, -0.05) is 6.07 Å². The average Bonchev–Trinajstić information content (AvgIpc) is 2.90. The van der Waals surface area contributed by atoms with Crippen LogP contribution in [0.3, 0.4) is 0 Å². The van der Waals surface area contributed by atoms with Crippen LogP contribution in [0.2, 0.25) is 0 Å². The summed E-state index contributed by atoms with van der Waals surface area (Å²) in [5, 5.41) is 20.3. The summed E-state index contributed by atoms with van der Waals surface area (Å²) in [6, 6.07) is 4.30. The molecule has 1 aliphatic heterocycles. The van der Waals surface area contributed by atoms with E-state index in [-0.39, 0.29) is 23.0 Å². The number of carbonyl (C=O) groups is 1. The molecule has 0 radical (unpaired) electrons. The lowest BCUT2D eigenvalue weighted by Crippen LogP contribution is -2.33. The summed E-state index contributed by atoms with van der Waals surface area (Å²) < 4.78 is 0. The topological polar surface area (TPSA) is 83.7 Å². The molecular weight excluding hydrogens is 268 g/mol. The van der Waals surface area contributed by atoms with Crippen LogP contribution in [-0.2, 0) is 0 Å². The number of rotatable bonds is 4. The molecule has 7 heteroatoms. The molecule has 0 saturated carbocycles. The van der Waals surface area contributed by atoms with Gasteiger partial charge in [-0.25, -0.2) is 4.79 Å². The summed E-state index contributed by atoms with van der Waals surface area (Å²) in [6.07, 6.45) is 0.909. The van der Waals surface area contributed by atoms with Gasteiger partial charge in [-0.2, -0.15) is 11.8 Å². The van der Waals surface area contributed by atoms with Gasteiger partial charge in [0.1, 0.15) is 5.69 Å². The van der Waals surface area contributed by atoms with Crippen molar-refractivity contribution in [1.29, 1.82) is 0 Å². The lowest BCUT2D eigenvalue weighted by Gasteiger charge is -2.26. The van der Waals surface area contributed by atoms with E-state index in [2.05, 4.69) is 0 Å². The number of para-hydroxylation sites is 1. The number of nitro groups is 1. The third kappa shape index (κ3) is 2.65. The van der Waals surface area contributed by atoms with E-state index in [1.165, 1.54) is 18.2 Å². The molecule has 1 unspecified atom stereocenters. The van der Waals surface area contributed by atoms with Crippen LogP contribution >= 0.6 is 11.8 Å². The predicted molar refractivity (Wildman–Crippen MR) is 74.2 cm³/mol. The van der Waals surface area contributed by atoms with Crippen LogP contribution in [0, 0.1) is 10.1 Å².